The number of carbonyl (C=O) groups excluding carboxylic acids is 1. The summed E-state index contributed by atoms with van der Waals surface area (Å²) in [5.41, 5.74) is 1.05. The fourth-order valence-electron chi connectivity index (χ4n) is 3.95. The molecule has 4 heteroatoms. The Labute approximate surface area is 201 Å². The summed E-state index contributed by atoms with van der Waals surface area (Å²) in [6.07, 6.45) is 1.13. The van der Waals surface area contributed by atoms with E-state index in [-0.39, 0.29) is 23.0 Å². The third kappa shape index (κ3) is 5.01. The van der Waals surface area contributed by atoms with E-state index in [9.17, 15) is 4.79 Å². The maximum Gasteiger partial charge on any atom is 0.310 e. The van der Waals surface area contributed by atoms with Crippen LogP contribution < -0.4 is 37.6 Å². The van der Waals surface area contributed by atoms with E-state index in [1.807, 2.05) is 25.1 Å². The Kier molecular flexibility index (Phi) is 8.39. The minimum atomic E-state index is -2.05. The minimum Gasteiger partial charge on any atom is -1.00 e. The number of halogens is 1. The SMILES string of the molecule is CCC(=O)Oc1ccccc1C[P+](c1ccccc1)(c1ccccc1)c1ccccc1.[Br-]. The van der Waals surface area contributed by atoms with Crippen LogP contribution in [0, 0.1) is 0 Å². The highest BCUT2D eigenvalue weighted by Crippen LogP contribution is 2.58. The molecule has 0 aromatic heterocycles. The summed E-state index contributed by atoms with van der Waals surface area (Å²) >= 11 is 0. The quantitative estimate of drug-likeness (QED) is 0.219. The fourth-order valence-corrected chi connectivity index (χ4v) is 8.21. The van der Waals surface area contributed by atoms with E-state index in [0.29, 0.717) is 12.2 Å². The van der Waals surface area contributed by atoms with Crippen LogP contribution in [0.5, 0.6) is 5.75 Å². The van der Waals surface area contributed by atoms with E-state index in [4.69, 9.17) is 4.74 Å². The minimum absolute atomic E-state index is 0. The van der Waals surface area contributed by atoms with Crippen LogP contribution in [0.4, 0.5) is 0 Å². The third-order valence-corrected chi connectivity index (χ3v) is 9.84. The summed E-state index contributed by atoms with van der Waals surface area (Å²) < 4.78 is 5.73. The molecule has 4 aromatic carbocycles. The Morgan fingerprint density at radius 1 is 0.656 bits per heavy atom. The molecule has 0 aliphatic rings. The van der Waals surface area contributed by atoms with Crippen LogP contribution >= 0.6 is 7.26 Å². The highest BCUT2D eigenvalue weighted by atomic mass is 79.9. The molecule has 0 bridgehead atoms. The molecule has 0 aliphatic heterocycles. The zero-order valence-electron chi connectivity index (χ0n) is 18.0. The molecular weight excluding hydrogens is 479 g/mol. The second-order valence-electron chi connectivity index (χ2n) is 7.41. The Bertz CT molecular complexity index is 1040. The molecule has 0 unspecified atom stereocenters. The number of ether oxygens (including phenoxy) is 1. The number of para-hydroxylation sites is 1. The lowest BCUT2D eigenvalue weighted by atomic mass is 10.2. The number of rotatable bonds is 7. The van der Waals surface area contributed by atoms with Crippen LogP contribution in [0.2, 0.25) is 0 Å². The lowest BCUT2D eigenvalue weighted by Crippen LogP contribution is -3.00. The van der Waals surface area contributed by atoms with Crippen molar-refractivity contribution in [2.24, 2.45) is 0 Å². The standard InChI is InChI=1S/C28H26O2P.BrH/c1-2-28(29)30-27-21-13-12-14-23(27)22-31(24-15-6-3-7-16-24,25-17-8-4-9-18-25)26-19-10-5-11-20-26;/h3-21H,2,22H2,1H3;1H/q+1;/p-1. The number of carbonyl (C=O) groups is 1. The maximum atomic E-state index is 12.1. The average Bonchev–Trinajstić information content (AvgIpc) is 2.85. The van der Waals surface area contributed by atoms with Crippen molar-refractivity contribution in [1.82, 2.24) is 0 Å². The van der Waals surface area contributed by atoms with Crippen molar-refractivity contribution in [2.45, 2.75) is 19.5 Å². The van der Waals surface area contributed by atoms with Crippen molar-refractivity contribution in [3.8, 4) is 5.75 Å². The molecule has 0 amide bonds. The highest BCUT2D eigenvalue weighted by Gasteiger charge is 2.46. The van der Waals surface area contributed by atoms with Crippen LogP contribution in [0.15, 0.2) is 115 Å². The van der Waals surface area contributed by atoms with Gasteiger partial charge in [-0.1, -0.05) is 79.7 Å². The van der Waals surface area contributed by atoms with E-state index in [2.05, 4.69) is 97.1 Å². The lowest BCUT2D eigenvalue weighted by Gasteiger charge is -2.28. The van der Waals surface area contributed by atoms with Crippen molar-refractivity contribution in [1.29, 1.82) is 0 Å². The van der Waals surface area contributed by atoms with Gasteiger partial charge in [-0.3, -0.25) is 4.79 Å². The summed E-state index contributed by atoms with van der Waals surface area (Å²) in [6.45, 7) is 1.82. The molecule has 0 radical (unpaired) electrons. The van der Waals surface area contributed by atoms with Crippen LogP contribution in [0.3, 0.4) is 0 Å². The Balaban J connectivity index is 0.00000289. The molecule has 162 valence electrons. The van der Waals surface area contributed by atoms with Crippen molar-refractivity contribution in [3.63, 3.8) is 0 Å². The van der Waals surface area contributed by atoms with Crippen LogP contribution in [0.25, 0.3) is 0 Å². The van der Waals surface area contributed by atoms with Gasteiger partial charge in [-0.2, -0.15) is 0 Å². The topological polar surface area (TPSA) is 26.3 Å². The number of hydrogen-bond donors (Lipinski definition) is 0. The van der Waals surface area contributed by atoms with Crippen LogP contribution in [-0.2, 0) is 11.0 Å². The molecule has 0 fully saturated rings. The van der Waals surface area contributed by atoms with Crippen LogP contribution in [-0.4, -0.2) is 5.97 Å². The van der Waals surface area contributed by atoms with E-state index in [0.717, 1.165) is 11.7 Å². The van der Waals surface area contributed by atoms with Crippen molar-refractivity contribution < 1.29 is 26.5 Å². The molecule has 0 heterocycles. The van der Waals surface area contributed by atoms with E-state index in [1.165, 1.54) is 15.9 Å². The Hall–Kier alpha value is -2.74. The fraction of sp³-hybridized carbons (Fsp3) is 0.107. The monoisotopic (exact) mass is 504 g/mol. The van der Waals surface area contributed by atoms with Gasteiger partial charge in [-0.15, -0.1) is 0 Å². The van der Waals surface area contributed by atoms with Gasteiger partial charge in [0, 0.05) is 12.0 Å². The smallest absolute Gasteiger partial charge is 0.310 e. The summed E-state index contributed by atoms with van der Waals surface area (Å²) in [4.78, 5) is 12.1. The van der Waals surface area contributed by atoms with Crippen molar-refractivity contribution >= 4 is 29.1 Å². The summed E-state index contributed by atoms with van der Waals surface area (Å²) in [5, 5.41) is 3.93. The number of benzene rings is 4. The summed E-state index contributed by atoms with van der Waals surface area (Å²) in [6, 6.07) is 40.2. The second-order valence-corrected chi connectivity index (χ2v) is 10.9. The van der Waals surface area contributed by atoms with E-state index >= 15 is 0 Å². The molecule has 0 spiro atoms. The summed E-state index contributed by atoms with van der Waals surface area (Å²) in [5.74, 6) is 0.442. The lowest BCUT2D eigenvalue weighted by molar-refractivity contribution is -0.134. The molecule has 2 nitrogen and oxygen atoms in total. The summed E-state index contributed by atoms with van der Waals surface area (Å²) in [7, 11) is -2.05. The predicted octanol–water partition coefficient (Wildman–Crippen LogP) is 2.50. The van der Waals surface area contributed by atoms with Crippen molar-refractivity contribution in [2.75, 3.05) is 0 Å². The van der Waals surface area contributed by atoms with E-state index in [1.54, 1.807) is 0 Å². The largest absolute Gasteiger partial charge is 1.00 e. The third-order valence-electron chi connectivity index (χ3n) is 5.48. The van der Waals surface area contributed by atoms with Gasteiger partial charge in [-0.25, -0.2) is 0 Å². The predicted molar refractivity (Wildman–Crippen MR) is 131 cm³/mol. The zero-order valence-corrected chi connectivity index (χ0v) is 20.5. The molecule has 0 aliphatic carbocycles. The van der Waals surface area contributed by atoms with Gasteiger partial charge in [-0.05, 0) is 42.5 Å². The van der Waals surface area contributed by atoms with Gasteiger partial charge in [0.05, 0.1) is 0 Å². The first-order valence-electron chi connectivity index (χ1n) is 10.6. The van der Waals surface area contributed by atoms with Gasteiger partial charge < -0.3 is 21.7 Å². The van der Waals surface area contributed by atoms with Crippen molar-refractivity contribution in [3.05, 3.63) is 121 Å². The van der Waals surface area contributed by atoms with Gasteiger partial charge >= 0.3 is 5.97 Å². The normalized spacial score (nSPS) is 10.8. The van der Waals surface area contributed by atoms with Gasteiger partial charge in [0.25, 0.3) is 0 Å². The molecule has 4 aromatic rings. The Morgan fingerprint density at radius 2 is 1.06 bits per heavy atom. The Morgan fingerprint density at radius 3 is 1.50 bits per heavy atom. The molecule has 0 saturated carbocycles. The molecule has 4 rings (SSSR count). The first-order chi connectivity index (χ1) is 15.2. The average molecular weight is 505 g/mol. The molecule has 0 saturated heterocycles. The zero-order chi connectivity index (χ0) is 21.5. The van der Waals surface area contributed by atoms with Gasteiger partial charge in [0.15, 0.2) is 0 Å². The van der Waals surface area contributed by atoms with Gasteiger partial charge in [0.2, 0.25) is 0 Å². The molecule has 0 atom stereocenters. The first-order valence-corrected chi connectivity index (χ1v) is 12.5. The number of hydrogen-bond acceptors (Lipinski definition) is 2. The van der Waals surface area contributed by atoms with Gasteiger partial charge in [0.1, 0.15) is 35.1 Å². The number of esters is 1. The second kappa shape index (κ2) is 11.2. The molecule has 32 heavy (non-hydrogen) atoms. The first kappa shape index (κ1) is 23.9. The van der Waals surface area contributed by atoms with Crippen LogP contribution in [0.1, 0.15) is 18.9 Å². The highest BCUT2D eigenvalue weighted by molar-refractivity contribution is 7.95. The molecule has 0 N–H and O–H groups in total. The maximum absolute atomic E-state index is 12.1. The van der Waals surface area contributed by atoms with E-state index < -0.39 is 7.26 Å². The molecular formula is C28H26BrO2P.